The van der Waals surface area contributed by atoms with E-state index in [2.05, 4.69) is 44.2 Å². The highest BCUT2D eigenvalue weighted by Crippen LogP contribution is 2.43. The Morgan fingerprint density at radius 1 is 0.972 bits per heavy atom. The quantitative estimate of drug-likeness (QED) is 0.352. The van der Waals surface area contributed by atoms with Crippen LogP contribution in [0.1, 0.15) is 48.7 Å². The van der Waals surface area contributed by atoms with Gasteiger partial charge in [0.25, 0.3) is 0 Å². The molecule has 5 nitrogen and oxygen atoms in total. The van der Waals surface area contributed by atoms with Crippen molar-refractivity contribution in [3.8, 4) is 0 Å². The van der Waals surface area contributed by atoms with E-state index in [0.717, 1.165) is 33.3 Å². The minimum atomic E-state index is -0.853. The van der Waals surface area contributed by atoms with Crippen molar-refractivity contribution >= 4 is 22.8 Å². The Morgan fingerprint density at radius 2 is 1.61 bits per heavy atom. The predicted octanol–water partition coefficient (Wildman–Crippen LogP) is 6.01. The molecule has 0 saturated carbocycles. The molecule has 0 spiro atoms. The molecule has 184 valence electrons. The maximum absolute atomic E-state index is 14.4. The normalized spacial score (nSPS) is 17.9. The number of carbonyl (C=O) groups is 2. The number of carboxylic acids is 1. The van der Waals surface area contributed by atoms with Crippen LogP contribution in [-0.2, 0) is 35.5 Å². The molecule has 1 aliphatic carbocycles. The number of hydrogen-bond acceptors (Lipinski definition) is 2. The monoisotopic (exact) mass is 480 g/mol. The Morgan fingerprint density at radius 3 is 2.31 bits per heavy atom. The summed E-state index contributed by atoms with van der Waals surface area (Å²) in [5.74, 6) is -0.711. The molecule has 1 amide bonds. The maximum Gasteiger partial charge on any atom is 0.323 e. The first-order valence-electron chi connectivity index (χ1n) is 12.6. The van der Waals surface area contributed by atoms with Crippen molar-refractivity contribution in [2.45, 2.75) is 52.2 Å². The third-order valence-corrected chi connectivity index (χ3v) is 7.69. The van der Waals surface area contributed by atoms with Gasteiger partial charge < -0.3 is 14.6 Å². The van der Waals surface area contributed by atoms with Gasteiger partial charge in [-0.25, -0.2) is 0 Å². The van der Waals surface area contributed by atoms with E-state index >= 15 is 0 Å². The number of aromatic nitrogens is 1. The lowest BCUT2D eigenvalue weighted by Gasteiger charge is -2.40. The third-order valence-electron chi connectivity index (χ3n) is 7.69. The molecule has 0 saturated heterocycles. The summed E-state index contributed by atoms with van der Waals surface area (Å²) in [7, 11) is 0. The molecule has 5 heteroatoms. The number of para-hydroxylation sites is 1. The van der Waals surface area contributed by atoms with Crippen molar-refractivity contribution in [3.63, 3.8) is 0 Å². The summed E-state index contributed by atoms with van der Waals surface area (Å²) >= 11 is 0. The number of rotatable bonds is 7. The van der Waals surface area contributed by atoms with E-state index in [1.54, 1.807) is 0 Å². The Labute approximate surface area is 212 Å². The lowest BCUT2D eigenvalue weighted by Crippen LogP contribution is -2.46. The van der Waals surface area contributed by atoms with Crippen molar-refractivity contribution in [2.24, 2.45) is 5.41 Å². The largest absolute Gasteiger partial charge is 0.480 e. The predicted molar refractivity (Wildman–Crippen MR) is 142 cm³/mol. The fourth-order valence-electron chi connectivity index (χ4n) is 5.71. The molecular weight excluding hydrogens is 448 g/mol. The van der Waals surface area contributed by atoms with Crippen LogP contribution in [0.4, 0.5) is 0 Å². The minimum Gasteiger partial charge on any atom is -0.480 e. The molecule has 4 aromatic rings. The molecule has 0 aliphatic heterocycles. The summed E-state index contributed by atoms with van der Waals surface area (Å²) in [5, 5.41) is 10.6. The zero-order chi connectivity index (χ0) is 25.3. The average molecular weight is 481 g/mol. The zero-order valence-electron chi connectivity index (χ0n) is 20.9. The van der Waals surface area contributed by atoms with Crippen LogP contribution in [0.2, 0.25) is 0 Å². The zero-order valence-corrected chi connectivity index (χ0v) is 20.9. The second-order valence-electron chi connectivity index (χ2n) is 10.2. The van der Waals surface area contributed by atoms with Gasteiger partial charge in [-0.3, -0.25) is 9.59 Å². The molecule has 1 aliphatic rings. The Kier molecular flexibility index (Phi) is 6.40. The molecule has 0 fully saturated rings. The summed E-state index contributed by atoms with van der Waals surface area (Å²) < 4.78 is 1.92. The summed E-state index contributed by atoms with van der Waals surface area (Å²) in [4.78, 5) is 28.0. The van der Waals surface area contributed by atoms with Crippen LogP contribution in [0, 0.1) is 5.41 Å². The molecule has 0 bridgehead atoms. The second-order valence-corrected chi connectivity index (χ2v) is 10.2. The summed E-state index contributed by atoms with van der Waals surface area (Å²) in [6.07, 6.45) is 1.96. The van der Waals surface area contributed by atoms with E-state index in [1.807, 2.05) is 64.1 Å². The smallest absolute Gasteiger partial charge is 0.323 e. The van der Waals surface area contributed by atoms with Crippen LogP contribution in [-0.4, -0.2) is 26.5 Å². The Bertz CT molecular complexity index is 1390. The van der Waals surface area contributed by atoms with Gasteiger partial charge in [0.05, 0.1) is 11.5 Å². The lowest BCUT2D eigenvalue weighted by molar-refractivity contribution is -0.145. The minimum absolute atomic E-state index is 0.0638. The molecule has 2 unspecified atom stereocenters. The number of benzene rings is 3. The van der Waals surface area contributed by atoms with E-state index < -0.39 is 11.4 Å². The van der Waals surface area contributed by atoms with Gasteiger partial charge in [0, 0.05) is 23.1 Å². The molecule has 0 radical (unpaired) electrons. The highest BCUT2D eigenvalue weighted by Gasteiger charge is 2.42. The van der Waals surface area contributed by atoms with Gasteiger partial charge in [-0.2, -0.15) is 0 Å². The molecule has 36 heavy (non-hydrogen) atoms. The molecule has 1 aromatic heterocycles. The molecule has 2 atom stereocenters. The van der Waals surface area contributed by atoms with Gasteiger partial charge in [0.1, 0.15) is 6.54 Å². The van der Waals surface area contributed by atoms with Crippen LogP contribution in [0.3, 0.4) is 0 Å². The number of carboxylic acid groups (broad SMARTS) is 1. The summed E-state index contributed by atoms with van der Waals surface area (Å²) in [6.45, 7) is 4.66. The first kappa shape index (κ1) is 23.9. The number of aliphatic carboxylic acids is 1. The Hall–Kier alpha value is -3.86. The Balaban J connectivity index is 1.53. The van der Waals surface area contributed by atoms with Crippen LogP contribution in [0.5, 0.6) is 0 Å². The SMILES string of the molecule is CC(c1ccccc1)N(Cc1ccccc1)C(=O)C1(C)CCc2c(c3ccccc3n2CC(=O)O)C1. The summed E-state index contributed by atoms with van der Waals surface area (Å²) in [5.41, 5.74) is 4.73. The first-order valence-corrected chi connectivity index (χ1v) is 12.6. The number of amides is 1. The highest BCUT2D eigenvalue weighted by molar-refractivity contribution is 5.90. The van der Waals surface area contributed by atoms with Crippen molar-refractivity contribution in [1.82, 2.24) is 9.47 Å². The number of hydrogen-bond donors (Lipinski definition) is 1. The fourth-order valence-corrected chi connectivity index (χ4v) is 5.71. The van der Waals surface area contributed by atoms with Crippen LogP contribution < -0.4 is 0 Å². The van der Waals surface area contributed by atoms with Crippen molar-refractivity contribution < 1.29 is 14.7 Å². The second kappa shape index (κ2) is 9.65. The fraction of sp³-hybridized carbons (Fsp3) is 0.290. The van der Waals surface area contributed by atoms with Gasteiger partial charge >= 0.3 is 5.97 Å². The van der Waals surface area contributed by atoms with Gasteiger partial charge in [-0.05, 0) is 48.9 Å². The number of fused-ring (bicyclic) bond motifs is 3. The molecule has 3 aromatic carbocycles. The van der Waals surface area contributed by atoms with Gasteiger partial charge in [0.15, 0.2) is 0 Å². The van der Waals surface area contributed by atoms with Gasteiger partial charge in [0.2, 0.25) is 5.91 Å². The highest BCUT2D eigenvalue weighted by atomic mass is 16.4. The van der Waals surface area contributed by atoms with Gasteiger partial charge in [-0.1, -0.05) is 85.8 Å². The van der Waals surface area contributed by atoms with Crippen LogP contribution in [0.15, 0.2) is 84.9 Å². The molecule has 5 rings (SSSR count). The van der Waals surface area contributed by atoms with E-state index in [-0.39, 0.29) is 18.5 Å². The molecule has 1 N–H and O–H groups in total. The average Bonchev–Trinajstić information content (AvgIpc) is 3.19. The third kappa shape index (κ3) is 4.41. The number of carbonyl (C=O) groups excluding carboxylic acids is 1. The van der Waals surface area contributed by atoms with E-state index in [0.29, 0.717) is 25.8 Å². The molecular formula is C31H32N2O3. The van der Waals surface area contributed by atoms with Crippen molar-refractivity contribution in [2.75, 3.05) is 0 Å². The van der Waals surface area contributed by atoms with Crippen molar-refractivity contribution in [3.05, 3.63) is 107 Å². The van der Waals surface area contributed by atoms with Crippen LogP contribution >= 0.6 is 0 Å². The van der Waals surface area contributed by atoms with Crippen LogP contribution in [0.25, 0.3) is 10.9 Å². The van der Waals surface area contributed by atoms with E-state index in [1.165, 1.54) is 0 Å². The van der Waals surface area contributed by atoms with Gasteiger partial charge in [-0.15, -0.1) is 0 Å². The molecule has 1 heterocycles. The van der Waals surface area contributed by atoms with E-state index in [4.69, 9.17) is 0 Å². The summed E-state index contributed by atoms with van der Waals surface area (Å²) in [6, 6.07) is 28.2. The maximum atomic E-state index is 14.4. The van der Waals surface area contributed by atoms with Crippen molar-refractivity contribution in [1.29, 1.82) is 0 Å². The first-order chi connectivity index (χ1) is 17.4. The lowest BCUT2D eigenvalue weighted by atomic mass is 9.73. The topological polar surface area (TPSA) is 62.5 Å². The standard InChI is InChI=1S/C31H32N2O3/c1-22(24-13-7-4-8-14-24)32(20-23-11-5-3-6-12-23)30(36)31(2)18-17-28-26(19-31)25-15-9-10-16-27(25)33(28)21-29(34)35/h3-16,22H,17-21H2,1-2H3,(H,34,35). The number of nitrogens with zero attached hydrogens (tertiary/aromatic N) is 2. The van der Waals surface area contributed by atoms with E-state index in [9.17, 15) is 14.7 Å².